The topological polar surface area (TPSA) is 49.3 Å². The van der Waals surface area contributed by atoms with E-state index in [0.29, 0.717) is 11.7 Å². The average molecular weight is 229 g/mol. The highest BCUT2D eigenvalue weighted by Gasteiger charge is 2.47. The Hall–Kier alpha value is -0.220. The average Bonchev–Trinajstić information content (AvgIpc) is 2.58. The highest BCUT2D eigenvalue weighted by Crippen LogP contribution is 2.47. The summed E-state index contributed by atoms with van der Waals surface area (Å²) < 4.78 is 0. The Morgan fingerprint density at radius 1 is 1.53 bits per heavy atom. The van der Waals surface area contributed by atoms with E-state index >= 15 is 0 Å². The standard InChI is InChI=1S/C11H19NO2S/c1-7-3-4-11(8(2)5-7)12-9(6-15-11)10(13)14/h7-9,12H,3-6H2,1-2H3,(H,13,14)/t7?,8?,9-,11?/m1/s1. The van der Waals surface area contributed by atoms with Gasteiger partial charge in [-0.1, -0.05) is 13.8 Å². The molecule has 0 aromatic carbocycles. The van der Waals surface area contributed by atoms with E-state index in [-0.39, 0.29) is 10.9 Å². The van der Waals surface area contributed by atoms with Crippen LogP contribution in [-0.2, 0) is 4.79 Å². The van der Waals surface area contributed by atoms with Crippen molar-refractivity contribution in [1.82, 2.24) is 5.32 Å². The number of aliphatic carboxylic acids is 1. The molecule has 0 aromatic heterocycles. The van der Waals surface area contributed by atoms with Crippen LogP contribution in [-0.4, -0.2) is 27.7 Å². The summed E-state index contributed by atoms with van der Waals surface area (Å²) in [5.41, 5.74) is 0. The van der Waals surface area contributed by atoms with E-state index in [1.165, 1.54) is 12.8 Å². The Balaban J connectivity index is 2.06. The van der Waals surface area contributed by atoms with E-state index in [1.807, 2.05) is 11.8 Å². The van der Waals surface area contributed by atoms with Gasteiger partial charge in [-0.25, -0.2) is 0 Å². The van der Waals surface area contributed by atoms with E-state index in [1.54, 1.807) is 0 Å². The van der Waals surface area contributed by atoms with Gasteiger partial charge in [0.1, 0.15) is 6.04 Å². The lowest BCUT2D eigenvalue weighted by molar-refractivity contribution is -0.139. The Morgan fingerprint density at radius 2 is 2.27 bits per heavy atom. The van der Waals surface area contributed by atoms with E-state index in [2.05, 4.69) is 19.2 Å². The molecule has 3 unspecified atom stereocenters. The van der Waals surface area contributed by atoms with Gasteiger partial charge in [0, 0.05) is 5.75 Å². The van der Waals surface area contributed by atoms with Crippen LogP contribution in [0, 0.1) is 11.8 Å². The van der Waals surface area contributed by atoms with Crippen molar-refractivity contribution >= 4 is 17.7 Å². The summed E-state index contributed by atoms with van der Waals surface area (Å²) in [6.07, 6.45) is 3.55. The fraction of sp³-hybridized carbons (Fsp3) is 0.909. The lowest BCUT2D eigenvalue weighted by atomic mass is 9.79. The largest absolute Gasteiger partial charge is 0.480 e. The lowest BCUT2D eigenvalue weighted by Gasteiger charge is -2.41. The molecule has 0 bridgehead atoms. The van der Waals surface area contributed by atoms with Gasteiger partial charge in [0.2, 0.25) is 0 Å². The number of nitrogens with one attached hydrogen (secondary N) is 1. The molecule has 3 nitrogen and oxygen atoms in total. The molecule has 86 valence electrons. The molecule has 1 saturated carbocycles. The number of thioether (sulfide) groups is 1. The minimum atomic E-state index is -0.704. The number of hydrogen-bond donors (Lipinski definition) is 2. The van der Waals surface area contributed by atoms with E-state index < -0.39 is 5.97 Å². The molecule has 0 aromatic rings. The zero-order valence-electron chi connectivity index (χ0n) is 9.32. The molecule has 15 heavy (non-hydrogen) atoms. The highest BCUT2D eigenvalue weighted by molar-refractivity contribution is 8.01. The number of carboxylic acid groups (broad SMARTS) is 1. The molecule has 2 fully saturated rings. The molecule has 1 aliphatic carbocycles. The molecule has 1 heterocycles. The summed E-state index contributed by atoms with van der Waals surface area (Å²) in [7, 11) is 0. The maximum atomic E-state index is 10.9. The number of carbonyl (C=O) groups is 1. The second-order valence-electron chi connectivity index (χ2n) is 5.02. The Kier molecular flexibility index (Phi) is 2.99. The highest BCUT2D eigenvalue weighted by atomic mass is 32.2. The first-order valence-corrected chi connectivity index (χ1v) is 6.66. The quantitative estimate of drug-likeness (QED) is 0.721. The van der Waals surface area contributed by atoms with Gasteiger partial charge < -0.3 is 5.11 Å². The van der Waals surface area contributed by atoms with Crippen LogP contribution in [0.2, 0.25) is 0 Å². The molecule has 4 atom stereocenters. The molecule has 2 aliphatic rings. The first kappa shape index (κ1) is 11.3. The third-order valence-electron chi connectivity index (χ3n) is 3.78. The fourth-order valence-electron chi connectivity index (χ4n) is 2.79. The van der Waals surface area contributed by atoms with Crippen molar-refractivity contribution in [3.05, 3.63) is 0 Å². The monoisotopic (exact) mass is 229 g/mol. The number of hydrogen-bond acceptors (Lipinski definition) is 3. The van der Waals surface area contributed by atoms with Crippen molar-refractivity contribution in [2.45, 2.75) is 44.0 Å². The molecule has 2 N–H and O–H groups in total. The zero-order chi connectivity index (χ0) is 11.1. The van der Waals surface area contributed by atoms with Gasteiger partial charge in [-0.3, -0.25) is 10.1 Å². The summed E-state index contributed by atoms with van der Waals surface area (Å²) in [4.78, 5) is 11.0. The second-order valence-corrected chi connectivity index (χ2v) is 6.37. The minimum absolute atomic E-state index is 0.0512. The lowest BCUT2D eigenvalue weighted by Crippen LogP contribution is -2.51. The molecule has 1 saturated heterocycles. The van der Waals surface area contributed by atoms with Gasteiger partial charge >= 0.3 is 5.97 Å². The molecule has 1 aliphatic heterocycles. The summed E-state index contributed by atoms with van der Waals surface area (Å²) >= 11 is 1.82. The predicted octanol–water partition coefficient (Wildman–Crippen LogP) is 1.93. The molecular formula is C11H19NO2S. The second kappa shape index (κ2) is 3.98. The Bertz CT molecular complexity index is 271. The third-order valence-corrected chi connectivity index (χ3v) is 5.52. The van der Waals surface area contributed by atoms with Crippen molar-refractivity contribution in [2.24, 2.45) is 11.8 Å². The summed E-state index contributed by atoms with van der Waals surface area (Å²) in [6, 6.07) is -0.342. The van der Waals surface area contributed by atoms with Crippen LogP contribution >= 0.6 is 11.8 Å². The molecule has 0 amide bonds. The third kappa shape index (κ3) is 2.02. The van der Waals surface area contributed by atoms with Gasteiger partial charge in [-0.15, -0.1) is 11.8 Å². The summed E-state index contributed by atoms with van der Waals surface area (Å²) in [5, 5.41) is 12.3. The van der Waals surface area contributed by atoms with Crippen LogP contribution in [0.5, 0.6) is 0 Å². The van der Waals surface area contributed by atoms with Gasteiger partial charge in [0.25, 0.3) is 0 Å². The first-order chi connectivity index (χ1) is 7.03. The van der Waals surface area contributed by atoms with Crippen LogP contribution in [0.1, 0.15) is 33.1 Å². The maximum absolute atomic E-state index is 10.9. The van der Waals surface area contributed by atoms with E-state index in [4.69, 9.17) is 5.11 Å². The summed E-state index contributed by atoms with van der Waals surface area (Å²) in [6.45, 7) is 4.54. The van der Waals surface area contributed by atoms with Crippen molar-refractivity contribution in [3.63, 3.8) is 0 Å². The molecule has 0 radical (unpaired) electrons. The van der Waals surface area contributed by atoms with E-state index in [9.17, 15) is 4.79 Å². The fourth-order valence-corrected chi connectivity index (χ4v) is 4.35. The van der Waals surface area contributed by atoms with Gasteiger partial charge in [-0.2, -0.15) is 0 Å². The smallest absolute Gasteiger partial charge is 0.321 e. The van der Waals surface area contributed by atoms with Crippen LogP contribution in [0.4, 0.5) is 0 Å². The van der Waals surface area contributed by atoms with Crippen molar-refractivity contribution < 1.29 is 9.90 Å². The van der Waals surface area contributed by atoms with Crippen molar-refractivity contribution in [3.8, 4) is 0 Å². The normalized spacial score (nSPS) is 45.9. The summed E-state index contributed by atoms with van der Waals surface area (Å²) in [5.74, 6) is 1.38. The Labute approximate surface area is 95.0 Å². The SMILES string of the molecule is CC1CCC2(N[C@@H](C(=O)O)CS2)C(C)C1. The first-order valence-electron chi connectivity index (χ1n) is 5.68. The van der Waals surface area contributed by atoms with Crippen LogP contribution in [0.15, 0.2) is 0 Å². The zero-order valence-corrected chi connectivity index (χ0v) is 10.1. The number of carboxylic acids is 1. The van der Waals surface area contributed by atoms with Crippen LogP contribution in [0.3, 0.4) is 0 Å². The van der Waals surface area contributed by atoms with Crippen LogP contribution in [0.25, 0.3) is 0 Å². The van der Waals surface area contributed by atoms with E-state index in [0.717, 1.165) is 12.3 Å². The van der Waals surface area contributed by atoms with Crippen molar-refractivity contribution in [1.29, 1.82) is 0 Å². The van der Waals surface area contributed by atoms with Crippen molar-refractivity contribution in [2.75, 3.05) is 5.75 Å². The minimum Gasteiger partial charge on any atom is -0.480 e. The van der Waals surface area contributed by atoms with Gasteiger partial charge in [0.15, 0.2) is 0 Å². The van der Waals surface area contributed by atoms with Gasteiger partial charge in [-0.05, 0) is 31.1 Å². The molecule has 4 heteroatoms. The maximum Gasteiger partial charge on any atom is 0.321 e. The van der Waals surface area contributed by atoms with Gasteiger partial charge in [0.05, 0.1) is 4.87 Å². The number of rotatable bonds is 1. The predicted molar refractivity (Wildman–Crippen MR) is 61.9 cm³/mol. The molecule has 2 rings (SSSR count). The molecule has 1 spiro atoms. The molecular weight excluding hydrogens is 210 g/mol. The Morgan fingerprint density at radius 3 is 2.80 bits per heavy atom. The van der Waals surface area contributed by atoms with Crippen LogP contribution < -0.4 is 5.32 Å².